The number of rotatable bonds is 6. The van der Waals surface area contributed by atoms with Gasteiger partial charge in [-0.2, -0.15) is 0 Å². The van der Waals surface area contributed by atoms with E-state index in [-0.39, 0.29) is 23.7 Å². The summed E-state index contributed by atoms with van der Waals surface area (Å²) in [4.78, 5) is 32.7. The van der Waals surface area contributed by atoms with Crippen LogP contribution in [-0.4, -0.2) is 21.8 Å². The van der Waals surface area contributed by atoms with Gasteiger partial charge in [0.2, 0.25) is 11.8 Å². The molecular formula is C20H24N4O2. The monoisotopic (exact) mass is 352 g/mol. The van der Waals surface area contributed by atoms with Gasteiger partial charge in [0.25, 0.3) is 0 Å². The maximum Gasteiger partial charge on any atom is 0.223 e. The second-order valence-electron chi connectivity index (χ2n) is 6.71. The summed E-state index contributed by atoms with van der Waals surface area (Å²) in [7, 11) is 0. The third-order valence-electron chi connectivity index (χ3n) is 4.85. The third-order valence-corrected chi connectivity index (χ3v) is 4.85. The van der Waals surface area contributed by atoms with Crippen molar-refractivity contribution in [1.82, 2.24) is 20.6 Å². The molecular weight excluding hydrogens is 328 g/mol. The topological polar surface area (TPSA) is 84.0 Å². The number of pyridine rings is 2. The van der Waals surface area contributed by atoms with E-state index in [0.29, 0.717) is 13.1 Å². The van der Waals surface area contributed by atoms with Crippen LogP contribution in [0.2, 0.25) is 0 Å². The number of amides is 2. The van der Waals surface area contributed by atoms with E-state index < -0.39 is 0 Å². The Labute approximate surface area is 153 Å². The van der Waals surface area contributed by atoms with Gasteiger partial charge in [0.15, 0.2) is 0 Å². The molecule has 0 atom stereocenters. The summed E-state index contributed by atoms with van der Waals surface area (Å²) in [5.74, 6) is 0.134. The van der Waals surface area contributed by atoms with Crippen LogP contribution in [-0.2, 0) is 22.7 Å². The van der Waals surface area contributed by atoms with Gasteiger partial charge < -0.3 is 10.6 Å². The van der Waals surface area contributed by atoms with E-state index in [9.17, 15) is 9.59 Å². The van der Waals surface area contributed by atoms with Gasteiger partial charge in [0, 0.05) is 49.7 Å². The normalized spacial score (nSPS) is 19.5. The first kappa shape index (κ1) is 18.0. The molecule has 6 heteroatoms. The van der Waals surface area contributed by atoms with Gasteiger partial charge in [-0.25, -0.2) is 0 Å². The van der Waals surface area contributed by atoms with Crippen LogP contribution in [0.3, 0.4) is 0 Å². The Morgan fingerprint density at radius 1 is 0.808 bits per heavy atom. The third kappa shape index (κ3) is 5.12. The van der Waals surface area contributed by atoms with Crippen LogP contribution in [0.15, 0.2) is 49.1 Å². The van der Waals surface area contributed by atoms with Crippen molar-refractivity contribution in [3.05, 3.63) is 60.2 Å². The Morgan fingerprint density at radius 3 is 1.58 bits per heavy atom. The predicted octanol–water partition coefficient (Wildman–Crippen LogP) is 2.22. The van der Waals surface area contributed by atoms with E-state index in [2.05, 4.69) is 20.6 Å². The summed E-state index contributed by atoms with van der Waals surface area (Å²) < 4.78 is 0. The molecule has 0 saturated heterocycles. The van der Waals surface area contributed by atoms with Gasteiger partial charge in [-0.1, -0.05) is 12.1 Å². The van der Waals surface area contributed by atoms with Crippen LogP contribution in [0.5, 0.6) is 0 Å². The quantitative estimate of drug-likeness (QED) is 0.835. The minimum absolute atomic E-state index is 0.00551. The van der Waals surface area contributed by atoms with Crippen molar-refractivity contribution in [2.45, 2.75) is 38.8 Å². The van der Waals surface area contributed by atoms with E-state index in [0.717, 1.165) is 36.8 Å². The summed E-state index contributed by atoms with van der Waals surface area (Å²) in [6, 6.07) is 7.60. The van der Waals surface area contributed by atoms with Crippen molar-refractivity contribution in [3.63, 3.8) is 0 Å². The van der Waals surface area contributed by atoms with Gasteiger partial charge >= 0.3 is 0 Å². The Balaban J connectivity index is 1.39. The lowest BCUT2D eigenvalue weighted by molar-refractivity contribution is -0.130. The van der Waals surface area contributed by atoms with E-state index in [1.807, 2.05) is 24.3 Å². The first-order valence-corrected chi connectivity index (χ1v) is 9.05. The molecule has 1 aliphatic carbocycles. The zero-order valence-electron chi connectivity index (χ0n) is 14.7. The molecule has 1 fully saturated rings. The van der Waals surface area contributed by atoms with Crippen LogP contribution in [0, 0.1) is 11.8 Å². The fraction of sp³-hybridized carbons (Fsp3) is 0.400. The number of hydrogen-bond acceptors (Lipinski definition) is 4. The van der Waals surface area contributed by atoms with Crippen LogP contribution in [0.1, 0.15) is 36.8 Å². The van der Waals surface area contributed by atoms with Gasteiger partial charge in [-0.15, -0.1) is 0 Å². The number of hydrogen-bond donors (Lipinski definition) is 2. The van der Waals surface area contributed by atoms with E-state index in [1.54, 1.807) is 24.8 Å². The molecule has 0 unspecified atom stereocenters. The number of aromatic nitrogens is 2. The zero-order chi connectivity index (χ0) is 18.2. The predicted molar refractivity (Wildman–Crippen MR) is 97.6 cm³/mol. The molecule has 2 aromatic heterocycles. The van der Waals surface area contributed by atoms with Gasteiger partial charge in [0.05, 0.1) is 0 Å². The minimum Gasteiger partial charge on any atom is -0.352 e. The molecule has 136 valence electrons. The maximum absolute atomic E-state index is 12.3. The second-order valence-corrected chi connectivity index (χ2v) is 6.71. The molecule has 2 amide bonds. The average molecular weight is 352 g/mol. The Bertz CT molecular complexity index is 650. The van der Waals surface area contributed by atoms with Gasteiger partial charge in [-0.3, -0.25) is 19.6 Å². The molecule has 1 aliphatic rings. The zero-order valence-corrected chi connectivity index (χ0v) is 14.7. The molecule has 2 aromatic rings. The first-order valence-electron chi connectivity index (χ1n) is 9.05. The smallest absolute Gasteiger partial charge is 0.223 e. The number of nitrogens with one attached hydrogen (secondary N) is 2. The summed E-state index contributed by atoms with van der Waals surface area (Å²) in [6.45, 7) is 0.996. The summed E-state index contributed by atoms with van der Waals surface area (Å²) in [5, 5.41) is 5.95. The second kappa shape index (κ2) is 9.08. The van der Waals surface area contributed by atoms with Crippen molar-refractivity contribution in [3.8, 4) is 0 Å². The number of carbonyl (C=O) groups is 2. The van der Waals surface area contributed by atoms with E-state index in [4.69, 9.17) is 0 Å². The van der Waals surface area contributed by atoms with Crippen molar-refractivity contribution >= 4 is 11.8 Å². The van der Waals surface area contributed by atoms with Crippen molar-refractivity contribution in [2.75, 3.05) is 0 Å². The molecule has 2 N–H and O–H groups in total. The Hall–Kier alpha value is -2.76. The molecule has 2 heterocycles. The van der Waals surface area contributed by atoms with Crippen molar-refractivity contribution in [1.29, 1.82) is 0 Å². The average Bonchev–Trinajstić information content (AvgIpc) is 2.72. The molecule has 0 aromatic carbocycles. The Kier molecular flexibility index (Phi) is 6.30. The number of nitrogens with zero attached hydrogens (tertiary/aromatic N) is 2. The molecule has 0 radical (unpaired) electrons. The lowest BCUT2D eigenvalue weighted by atomic mass is 9.81. The highest BCUT2D eigenvalue weighted by molar-refractivity contribution is 5.81. The summed E-state index contributed by atoms with van der Waals surface area (Å²) in [6.07, 6.45) is 9.95. The Morgan fingerprint density at radius 2 is 1.23 bits per heavy atom. The molecule has 0 spiro atoms. The largest absolute Gasteiger partial charge is 0.352 e. The first-order chi connectivity index (χ1) is 12.7. The molecule has 26 heavy (non-hydrogen) atoms. The molecule has 6 nitrogen and oxygen atoms in total. The highest BCUT2D eigenvalue weighted by atomic mass is 16.2. The number of carbonyl (C=O) groups excluding carboxylic acids is 2. The van der Waals surface area contributed by atoms with E-state index >= 15 is 0 Å². The van der Waals surface area contributed by atoms with Gasteiger partial charge in [-0.05, 0) is 48.9 Å². The molecule has 1 saturated carbocycles. The fourth-order valence-electron chi connectivity index (χ4n) is 3.29. The molecule has 3 rings (SSSR count). The molecule has 0 bridgehead atoms. The highest BCUT2D eigenvalue weighted by Gasteiger charge is 2.29. The minimum atomic E-state index is -0.00551. The standard InChI is InChI=1S/C20H24N4O2/c25-19(23-13-15-3-1-9-21-11-15)17-5-7-18(8-6-17)20(26)24-14-16-4-2-10-22-12-16/h1-4,9-12,17-18H,5-8,13-14H2,(H,23,25)(H,24,26). The maximum atomic E-state index is 12.3. The van der Waals surface area contributed by atoms with Crippen LogP contribution >= 0.6 is 0 Å². The van der Waals surface area contributed by atoms with Gasteiger partial charge in [0.1, 0.15) is 0 Å². The van der Waals surface area contributed by atoms with Crippen molar-refractivity contribution in [2.24, 2.45) is 11.8 Å². The summed E-state index contributed by atoms with van der Waals surface area (Å²) >= 11 is 0. The highest BCUT2D eigenvalue weighted by Crippen LogP contribution is 2.29. The lowest BCUT2D eigenvalue weighted by Crippen LogP contribution is -2.37. The van der Waals surface area contributed by atoms with Crippen LogP contribution in [0.25, 0.3) is 0 Å². The lowest BCUT2D eigenvalue weighted by Gasteiger charge is -2.27. The SMILES string of the molecule is O=C(NCc1cccnc1)C1CCC(C(=O)NCc2cccnc2)CC1. The molecule has 0 aliphatic heterocycles. The van der Waals surface area contributed by atoms with Crippen LogP contribution in [0.4, 0.5) is 0 Å². The fourth-order valence-corrected chi connectivity index (χ4v) is 3.29. The van der Waals surface area contributed by atoms with Crippen molar-refractivity contribution < 1.29 is 9.59 Å². The summed E-state index contributed by atoms with van der Waals surface area (Å²) in [5.41, 5.74) is 1.98. The van der Waals surface area contributed by atoms with Crippen LogP contribution < -0.4 is 10.6 Å². The van der Waals surface area contributed by atoms with E-state index in [1.165, 1.54) is 0 Å².